The molecule has 0 saturated heterocycles. The number of rotatable bonds is 9. The smallest absolute Gasteiger partial charge is 0.311 e. The predicted octanol–water partition coefficient (Wildman–Crippen LogP) is 3.24. The zero-order valence-corrected chi connectivity index (χ0v) is 18.8. The number of hydrogen-bond acceptors (Lipinski definition) is 8. The quantitative estimate of drug-likeness (QED) is 0.368. The molecule has 2 aromatic carbocycles. The molecule has 0 saturated carbocycles. The summed E-state index contributed by atoms with van der Waals surface area (Å²) in [6.45, 7) is 3.88. The van der Waals surface area contributed by atoms with Crippen LogP contribution in [0.15, 0.2) is 35.1 Å². The van der Waals surface area contributed by atoms with Gasteiger partial charge in [-0.2, -0.15) is 0 Å². The van der Waals surface area contributed by atoms with Gasteiger partial charge in [0.1, 0.15) is 12.4 Å². The average Bonchev–Trinajstić information content (AvgIpc) is 2.81. The highest BCUT2D eigenvalue weighted by atomic mass is 16.6. The number of hydrogen-bond donors (Lipinski definition) is 0. The maximum Gasteiger partial charge on any atom is 0.311 e. The molecular formula is C23H26N2O7. The second-order valence-electron chi connectivity index (χ2n) is 6.75. The van der Waals surface area contributed by atoms with Crippen molar-refractivity contribution in [2.24, 2.45) is 7.05 Å². The third-order valence-corrected chi connectivity index (χ3v) is 4.78. The number of methoxy groups -OCH3 is 2. The summed E-state index contributed by atoms with van der Waals surface area (Å²) in [5.74, 6) is 1.76. The van der Waals surface area contributed by atoms with Gasteiger partial charge in [0.25, 0.3) is 5.56 Å². The van der Waals surface area contributed by atoms with Gasteiger partial charge in [0.05, 0.1) is 31.7 Å². The highest BCUT2D eigenvalue weighted by molar-refractivity contribution is 5.82. The molecule has 0 radical (unpaired) electrons. The van der Waals surface area contributed by atoms with Crippen molar-refractivity contribution in [1.29, 1.82) is 0 Å². The fourth-order valence-electron chi connectivity index (χ4n) is 3.08. The summed E-state index contributed by atoms with van der Waals surface area (Å²) in [7, 11) is 4.63. The van der Waals surface area contributed by atoms with Gasteiger partial charge in [-0.15, -0.1) is 0 Å². The van der Waals surface area contributed by atoms with Gasteiger partial charge < -0.3 is 23.7 Å². The number of benzene rings is 2. The Labute approximate surface area is 185 Å². The van der Waals surface area contributed by atoms with Gasteiger partial charge in [0.2, 0.25) is 5.75 Å². The highest BCUT2D eigenvalue weighted by Crippen LogP contribution is 2.38. The van der Waals surface area contributed by atoms with Crippen LogP contribution in [0, 0.1) is 0 Å². The molecule has 0 fully saturated rings. The summed E-state index contributed by atoms with van der Waals surface area (Å²) in [4.78, 5) is 29.4. The van der Waals surface area contributed by atoms with E-state index in [1.165, 1.54) is 18.8 Å². The first kappa shape index (κ1) is 22.9. The molecule has 0 spiro atoms. The van der Waals surface area contributed by atoms with Crippen molar-refractivity contribution in [2.75, 3.05) is 20.8 Å². The van der Waals surface area contributed by atoms with E-state index in [-0.39, 0.29) is 24.3 Å². The lowest BCUT2D eigenvalue weighted by atomic mass is 10.2. The molecule has 0 bridgehead atoms. The van der Waals surface area contributed by atoms with Gasteiger partial charge in [-0.05, 0) is 25.1 Å². The van der Waals surface area contributed by atoms with Gasteiger partial charge in [-0.3, -0.25) is 14.2 Å². The molecule has 1 heterocycles. The number of carbonyl (C=O) groups excluding carboxylic acids is 1. The molecule has 9 heteroatoms. The van der Waals surface area contributed by atoms with Crippen molar-refractivity contribution in [1.82, 2.24) is 9.55 Å². The van der Waals surface area contributed by atoms with Gasteiger partial charge in [-0.25, -0.2) is 4.98 Å². The lowest BCUT2D eigenvalue weighted by molar-refractivity contribution is -0.134. The molecule has 0 aliphatic heterocycles. The van der Waals surface area contributed by atoms with E-state index in [0.717, 1.165) is 0 Å². The van der Waals surface area contributed by atoms with Crippen molar-refractivity contribution >= 4 is 16.9 Å². The van der Waals surface area contributed by atoms with Crippen LogP contribution in [0.4, 0.5) is 0 Å². The number of aromatic nitrogens is 2. The topological polar surface area (TPSA) is 98.1 Å². The van der Waals surface area contributed by atoms with Crippen LogP contribution in [0.2, 0.25) is 0 Å². The number of fused-ring (bicyclic) bond motifs is 1. The molecular weight excluding hydrogens is 416 g/mol. The first-order valence-electron chi connectivity index (χ1n) is 10.1. The van der Waals surface area contributed by atoms with Gasteiger partial charge in [-0.1, -0.05) is 13.0 Å². The number of esters is 1. The summed E-state index contributed by atoms with van der Waals surface area (Å²) < 4.78 is 28.9. The van der Waals surface area contributed by atoms with E-state index in [0.29, 0.717) is 46.3 Å². The van der Waals surface area contributed by atoms with E-state index < -0.39 is 5.97 Å². The Bertz CT molecular complexity index is 1190. The minimum Gasteiger partial charge on any atom is -0.493 e. The predicted molar refractivity (Wildman–Crippen MR) is 118 cm³/mol. The molecule has 3 aromatic rings. The Balaban J connectivity index is 1.98. The number of carbonyl (C=O) groups is 1. The molecule has 0 N–H and O–H groups in total. The third kappa shape index (κ3) is 4.61. The maximum atomic E-state index is 12.9. The van der Waals surface area contributed by atoms with E-state index >= 15 is 0 Å². The van der Waals surface area contributed by atoms with Crippen molar-refractivity contribution in [2.45, 2.75) is 26.9 Å². The first-order valence-corrected chi connectivity index (χ1v) is 10.1. The second-order valence-corrected chi connectivity index (χ2v) is 6.75. The van der Waals surface area contributed by atoms with E-state index in [1.807, 2.05) is 6.92 Å². The standard InChI is InChI=1S/C23H26N2O7/c1-6-21(26)32-22-16(30-7-2)9-8-10-17(22)31-13-20-24-15-12-19(29-5)18(28-4)11-14(15)23(27)25(20)3/h8-12H,6-7,13H2,1-5H3. The average molecular weight is 442 g/mol. The SMILES string of the molecule is CCOc1cccc(OCc2nc3cc(OC)c(OC)cc3c(=O)n2C)c1OC(=O)CC. The van der Waals surface area contributed by atoms with Crippen LogP contribution in [0.25, 0.3) is 10.9 Å². The Morgan fingerprint density at radius 2 is 1.66 bits per heavy atom. The molecule has 170 valence electrons. The van der Waals surface area contributed by atoms with Crippen LogP contribution in [-0.2, 0) is 18.4 Å². The van der Waals surface area contributed by atoms with Crippen molar-refractivity contribution in [3.05, 3.63) is 46.5 Å². The number of nitrogens with zero attached hydrogens (tertiary/aromatic N) is 2. The number of para-hydroxylation sites is 1. The molecule has 0 aliphatic rings. The normalized spacial score (nSPS) is 10.7. The molecule has 0 atom stereocenters. The first-order chi connectivity index (χ1) is 15.4. The minimum atomic E-state index is -0.417. The maximum absolute atomic E-state index is 12.9. The molecule has 0 unspecified atom stereocenters. The van der Waals surface area contributed by atoms with Crippen LogP contribution in [-0.4, -0.2) is 36.3 Å². The summed E-state index contributed by atoms with van der Waals surface area (Å²) in [5, 5.41) is 0.393. The van der Waals surface area contributed by atoms with Crippen LogP contribution >= 0.6 is 0 Å². The molecule has 0 amide bonds. The fraction of sp³-hybridized carbons (Fsp3) is 0.348. The number of ether oxygens (including phenoxy) is 5. The van der Waals surface area contributed by atoms with E-state index in [9.17, 15) is 9.59 Å². The summed E-state index contributed by atoms with van der Waals surface area (Å²) in [6, 6.07) is 8.32. The largest absolute Gasteiger partial charge is 0.493 e. The van der Waals surface area contributed by atoms with Crippen LogP contribution in [0.1, 0.15) is 26.1 Å². The second kappa shape index (κ2) is 10.0. The molecule has 0 aliphatic carbocycles. The Morgan fingerprint density at radius 1 is 1.00 bits per heavy atom. The Morgan fingerprint density at radius 3 is 2.28 bits per heavy atom. The Kier molecular flexibility index (Phi) is 7.19. The van der Waals surface area contributed by atoms with Crippen molar-refractivity contribution in [3.8, 4) is 28.7 Å². The summed E-state index contributed by atoms with van der Waals surface area (Å²) in [5.41, 5.74) is 0.195. The molecule has 3 rings (SSSR count). The van der Waals surface area contributed by atoms with Gasteiger partial charge in [0.15, 0.2) is 23.0 Å². The van der Waals surface area contributed by atoms with Crippen LogP contribution < -0.4 is 29.2 Å². The van der Waals surface area contributed by atoms with Crippen molar-refractivity contribution < 1.29 is 28.5 Å². The van der Waals surface area contributed by atoms with E-state index in [1.54, 1.807) is 44.3 Å². The summed E-state index contributed by atoms with van der Waals surface area (Å²) >= 11 is 0. The van der Waals surface area contributed by atoms with Gasteiger partial charge in [0, 0.05) is 19.5 Å². The molecule has 32 heavy (non-hydrogen) atoms. The van der Waals surface area contributed by atoms with E-state index in [4.69, 9.17) is 23.7 Å². The fourth-order valence-corrected chi connectivity index (χ4v) is 3.08. The summed E-state index contributed by atoms with van der Waals surface area (Å²) in [6.07, 6.45) is 0.200. The van der Waals surface area contributed by atoms with Gasteiger partial charge >= 0.3 is 5.97 Å². The zero-order valence-electron chi connectivity index (χ0n) is 18.8. The molecule has 9 nitrogen and oxygen atoms in total. The van der Waals surface area contributed by atoms with Crippen LogP contribution in [0.5, 0.6) is 28.7 Å². The Hall–Kier alpha value is -3.75. The lowest BCUT2D eigenvalue weighted by Gasteiger charge is -2.16. The zero-order chi connectivity index (χ0) is 23.3. The monoisotopic (exact) mass is 442 g/mol. The minimum absolute atomic E-state index is 0.0394. The molecule has 1 aromatic heterocycles. The van der Waals surface area contributed by atoms with Crippen molar-refractivity contribution in [3.63, 3.8) is 0 Å². The lowest BCUT2D eigenvalue weighted by Crippen LogP contribution is -2.23. The van der Waals surface area contributed by atoms with E-state index in [2.05, 4.69) is 4.98 Å². The van der Waals surface area contributed by atoms with Crippen LogP contribution in [0.3, 0.4) is 0 Å². The highest BCUT2D eigenvalue weighted by Gasteiger charge is 2.18. The third-order valence-electron chi connectivity index (χ3n) is 4.78.